The Morgan fingerprint density at radius 1 is 1.08 bits per heavy atom. The van der Waals surface area contributed by atoms with Crippen LogP contribution in [0.3, 0.4) is 0 Å². The molecule has 0 atom stereocenters. The van der Waals surface area contributed by atoms with Crippen LogP contribution in [0.5, 0.6) is 0 Å². The average molecular weight is 211 g/mol. The van der Waals surface area contributed by atoms with Crippen molar-refractivity contribution >= 4 is 17.2 Å². The van der Waals surface area contributed by atoms with Gasteiger partial charge in [-0.25, -0.2) is 17.6 Å². The molecule has 13 heavy (non-hydrogen) atoms. The second-order valence-electron chi connectivity index (χ2n) is 1.98. The fourth-order valence-corrected chi connectivity index (χ4v) is 0.913. The van der Waals surface area contributed by atoms with Gasteiger partial charge in [0, 0.05) is 6.07 Å². The zero-order valence-corrected chi connectivity index (χ0v) is 6.67. The van der Waals surface area contributed by atoms with Gasteiger partial charge in [-0.15, -0.1) is 4.36 Å². The normalized spacial score (nSPS) is 9.85. The van der Waals surface area contributed by atoms with Crippen molar-refractivity contribution in [2.75, 3.05) is 0 Å². The van der Waals surface area contributed by atoms with Gasteiger partial charge in [0.05, 0.1) is 0 Å². The molecular weight excluding hydrogens is 210 g/mol. The summed E-state index contributed by atoms with van der Waals surface area (Å²) in [6.07, 6.45) is 0. The van der Waals surface area contributed by atoms with E-state index in [9.17, 15) is 21.8 Å². The summed E-state index contributed by atoms with van der Waals surface area (Å²) in [6, 6.07) is 0.0408. The summed E-state index contributed by atoms with van der Waals surface area (Å²) in [7, 11) is 0. The average Bonchev–Trinajstić information content (AvgIpc) is 2.09. The fraction of sp³-hybridized carbons (Fsp3) is 0. The predicted octanol–water partition coefficient (Wildman–Crippen LogP) is 2.27. The van der Waals surface area contributed by atoms with Crippen LogP contribution in [0.15, 0.2) is 10.4 Å². The molecule has 70 valence electrons. The topological polar surface area (TPSA) is 29.4 Å². The molecule has 0 aliphatic rings. The summed E-state index contributed by atoms with van der Waals surface area (Å²) in [4.78, 5) is 0. The first-order valence-electron chi connectivity index (χ1n) is 2.91. The van der Waals surface area contributed by atoms with E-state index in [0.717, 1.165) is 0 Å². The molecule has 0 aliphatic carbocycles. The first-order chi connectivity index (χ1) is 6.07. The molecule has 0 saturated carbocycles. The Kier molecular flexibility index (Phi) is 2.76. The molecule has 0 N–H and O–H groups in total. The van der Waals surface area contributed by atoms with Gasteiger partial charge < -0.3 is 0 Å². The second kappa shape index (κ2) is 3.65. The number of rotatable bonds is 1. The maximum absolute atomic E-state index is 12.6. The van der Waals surface area contributed by atoms with Crippen molar-refractivity contribution in [1.82, 2.24) is 0 Å². The van der Waals surface area contributed by atoms with Gasteiger partial charge in [-0.3, -0.25) is 0 Å². The van der Waals surface area contributed by atoms with Crippen molar-refractivity contribution in [2.45, 2.75) is 0 Å². The van der Waals surface area contributed by atoms with E-state index in [-0.39, 0.29) is 6.07 Å². The van der Waals surface area contributed by atoms with Crippen molar-refractivity contribution in [1.29, 1.82) is 0 Å². The predicted molar refractivity (Wildman–Crippen MR) is 36.5 cm³/mol. The highest BCUT2D eigenvalue weighted by Crippen LogP contribution is 2.26. The first-order valence-corrected chi connectivity index (χ1v) is 3.60. The third-order valence-electron chi connectivity index (χ3n) is 1.22. The van der Waals surface area contributed by atoms with E-state index in [1.807, 2.05) is 0 Å². The van der Waals surface area contributed by atoms with Crippen molar-refractivity contribution in [2.24, 2.45) is 4.36 Å². The van der Waals surface area contributed by atoms with Crippen molar-refractivity contribution in [3.05, 3.63) is 29.3 Å². The molecule has 0 saturated heterocycles. The van der Waals surface area contributed by atoms with Crippen LogP contribution in [-0.2, 0) is 11.5 Å². The quantitative estimate of drug-likeness (QED) is 0.517. The third-order valence-corrected chi connectivity index (χ3v) is 1.47. The Hall–Kier alpha value is -1.24. The van der Waals surface area contributed by atoms with Crippen LogP contribution in [0.2, 0.25) is 0 Å². The zero-order valence-electron chi connectivity index (χ0n) is 5.85. The van der Waals surface area contributed by atoms with Crippen LogP contribution in [-0.4, -0.2) is 4.21 Å². The Labute approximate surface area is 73.4 Å². The van der Waals surface area contributed by atoms with Crippen molar-refractivity contribution in [3.63, 3.8) is 0 Å². The number of hydrogen-bond donors (Lipinski definition) is 0. The summed E-state index contributed by atoms with van der Waals surface area (Å²) in [5, 5.41) is 0. The summed E-state index contributed by atoms with van der Waals surface area (Å²) in [5.41, 5.74) is -1.24. The van der Waals surface area contributed by atoms with E-state index in [0.29, 0.717) is 0 Å². The maximum atomic E-state index is 12.6. The lowest BCUT2D eigenvalue weighted by molar-refractivity contribution is 0.458. The van der Waals surface area contributed by atoms with E-state index in [4.69, 9.17) is 0 Å². The van der Waals surface area contributed by atoms with E-state index >= 15 is 0 Å². The molecule has 0 unspecified atom stereocenters. The van der Waals surface area contributed by atoms with Crippen LogP contribution in [0.4, 0.5) is 23.2 Å². The minimum absolute atomic E-state index is 0.0408. The third kappa shape index (κ3) is 1.74. The zero-order chi connectivity index (χ0) is 10.0. The Morgan fingerprint density at radius 3 is 1.92 bits per heavy atom. The highest BCUT2D eigenvalue weighted by Gasteiger charge is 2.18. The molecule has 1 rings (SSSR count). The fourth-order valence-electron chi connectivity index (χ4n) is 0.678. The largest absolute Gasteiger partial charge is 0.205 e. The lowest BCUT2D eigenvalue weighted by Crippen LogP contribution is -1.93. The summed E-state index contributed by atoms with van der Waals surface area (Å²) < 4.78 is 62.4. The molecule has 1 aromatic rings. The summed E-state index contributed by atoms with van der Waals surface area (Å²) in [5.74, 6) is -6.54. The number of nitrogens with zero attached hydrogens (tertiary/aromatic N) is 1. The van der Waals surface area contributed by atoms with Crippen molar-refractivity contribution in [3.8, 4) is 0 Å². The number of hydrogen-bond acceptors (Lipinski definition) is 2. The molecule has 1 aromatic carbocycles. The Morgan fingerprint density at radius 2 is 1.54 bits per heavy atom. The van der Waals surface area contributed by atoms with Crippen LogP contribution in [0.25, 0.3) is 0 Å². The van der Waals surface area contributed by atoms with Crippen molar-refractivity contribution < 1.29 is 21.8 Å². The molecule has 0 aliphatic heterocycles. The van der Waals surface area contributed by atoms with Gasteiger partial charge in [-0.2, -0.15) is 4.21 Å². The smallest absolute Gasteiger partial charge is 0.204 e. The number of halogens is 4. The molecule has 0 spiro atoms. The van der Waals surface area contributed by atoms with Crippen LogP contribution in [0, 0.1) is 23.3 Å². The highest BCUT2D eigenvalue weighted by molar-refractivity contribution is 7.54. The molecule has 0 aromatic heterocycles. The van der Waals surface area contributed by atoms with Gasteiger partial charge in [0.15, 0.2) is 29.0 Å². The second-order valence-corrected chi connectivity index (χ2v) is 2.31. The molecule has 0 bridgehead atoms. The standard InChI is InChI=1S/C6HF4NOS/c7-2-1-3(8)5(10)6(4(2)9)11-13-12/h1H. The highest BCUT2D eigenvalue weighted by atomic mass is 32.1. The molecule has 7 heteroatoms. The lowest BCUT2D eigenvalue weighted by atomic mass is 10.3. The monoisotopic (exact) mass is 211 g/mol. The van der Waals surface area contributed by atoms with Crippen LogP contribution < -0.4 is 0 Å². The van der Waals surface area contributed by atoms with Gasteiger partial charge in [-0.1, -0.05) is 0 Å². The summed E-state index contributed by atoms with van der Waals surface area (Å²) in [6.45, 7) is 0. The van der Waals surface area contributed by atoms with Crippen LogP contribution in [0.1, 0.15) is 0 Å². The molecule has 0 fully saturated rings. The minimum Gasteiger partial charge on any atom is -0.204 e. The maximum Gasteiger partial charge on any atom is 0.205 e. The molecular formula is C6HF4NOS. The van der Waals surface area contributed by atoms with Gasteiger partial charge in [0.2, 0.25) is 11.5 Å². The molecule has 0 radical (unpaired) electrons. The molecule has 0 heterocycles. The van der Waals surface area contributed by atoms with E-state index in [1.54, 1.807) is 0 Å². The SMILES string of the molecule is O=S=Nc1c(F)c(F)cc(F)c1F. The van der Waals surface area contributed by atoms with Gasteiger partial charge in [0.1, 0.15) is 0 Å². The van der Waals surface area contributed by atoms with Gasteiger partial charge in [-0.05, 0) is 0 Å². The summed E-state index contributed by atoms with van der Waals surface area (Å²) >= 11 is -0.538. The Bertz CT molecular complexity index is 376. The van der Waals surface area contributed by atoms with Gasteiger partial charge in [0.25, 0.3) is 0 Å². The first kappa shape index (κ1) is 9.85. The van der Waals surface area contributed by atoms with Gasteiger partial charge >= 0.3 is 0 Å². The lowest BCUT2D eigenvalue weighted by Gasteiger charge is -1.98. The Balaban J connectivity index is 3.55. The molecule has 2 nitrogen and oxygen atoms in total. The van der Waals surface area contributed by atoms with E-state index < -0.39 is 40.4 Å². The minimum atomic E-state index is -1.68. The van der Waals surface area contributed by atoms with Crippen LogP contribution >= 0.6 is 0 Å². The number of benzene rings is 1. The van der Waals surface area contributed by atoms with E-state index in [1.165, 1.54) is 0 Å². The molecule has 0 amide bonds. The van der Waals surface area contributed by atoms with E-state index in [2.05, 4.69) is 4.36 Å².